The van der Waals surface area contributed by atoms with Crippen LogP contribution in [0, 0.1) is 11.3 Å². The Balaban J connectivity index is 2.11. The van der Waals surface area contributed by atoms with Gasteiger partial charge in [0.15, 0.2) is 0 Å². The molecule has 0 unspecified atom stereocenters. The summed E-state index contributed by atoms with van der Waals surface area (Å²) in [7, 11) is 1.75. The van der Waals surface area contributed by atoms with Gasteiger partial charge in [0.05, 0.1) is 11.8 Å². The number of hydrogen-bond acceptors (Lipinski definition) is 3. The van der Waals surface area contributed by atoms with Crippen LogP contribution in [0.25, 0.3) is 0 Å². The highest BCUT2D eigenvalue weighted by Crippen LogP contribution is 2.22. The number of rotatable bonds is 5. The van der Waals surface area contributed by atoms with Gasteiger partial charge in [-0.3, -0.25) is 9.48 Å². The monoisotopic (exact) mass is 338 g/mol. The van der Waals surface area contributed by atoms with Crippen LogP contribution in [0.15, 0.2) is 36.4 Å². The van der Waals surface area contributed by atoms with Crippen LogP contribution in [0.1, 0.15) is 55.9 Å². The van der Waals surface area contributed by atoms with Gasteiger partial charge >= 0.3 is 0 Å². The number of hydrogen-bond donors (Lipinski definition) is 1. The first kappa shape index (κ1) is 18.7. The fourth-order valence-electron chi connectivity index (χ4n) is 2.55. The lowest BCUT2D eigenvalue weighted by Gasteiger charge is -2.23. The van der Waals surface area contributed by atoms with Crippen molar-refractivity contribution in [2.75, 3.05) is 0 Å². The molecule has 0 bridgehead atoms. The summed E-state index contributed by atoms with van der Waals surface area (Å²) in [6, 6.07) is 14.0. The smallest absolute Gasteiger partial charge is 0.270 e. The first-order chi connectivity index (χ1) is 11.6. The summed E-state index contributed by atoms with van der Waals surface area (Å²) in [5.41, 5.74) is 1.39. The van der Waals surface area contributed by atoms with E-state index in [9.17, 15) is 10.1 Å². The molecule has 0 saturated heterocycles. The molecular formula is C20H26N4O. The molecule has 0 spiro atoms. The summed E-state index contributed by atoms with van der Waals surface area (Å²) < 4.78 is 1.57. The Bertz CT molecular complexity index is 780. The summed E-state index contributed by atoms with van der Waals surface area (Å²) in [6.45, 7) is 7.91. The number of benzene rings is 1. The maximum Gasteiger partial charge on any atom is 0.270 e. The van der Waals surface area contributed by atoms with Gasteiger partial charge in [-0.1, -0.05) is 51.1 Å². The SMILES string of the molecule is Cn1nc(C(C)(C)C)cc1C(=O)N[C@@](C)(C#N)CCc1ccccc1. The van der Waals surface area contributed by atoms with E-state index in [1.807, 2.05) is 30.3 Å². The van der Waals surface area contributed by atoms with E-state index in [0.29, 0.717) is 12.1 Å². The van der Waals surface area contributed by atoms with Crippen LogP contribution in [-0.4, -0.2) is 21.2 Å². The molecule has 0 aliphatic carbocycles. The van der Waals surface area contributed by atoms with Gasteiger partial charge in [0.25, 0.3) is 5.91 Å². The van der Waals surface area contributed by atoms with Crippen LogP contribution in [0.2, 0.25) is 0 Å². The van der Waals surface area contributed by atoms with Crippen LogP contribution >= 0.6 is 0 Å². The van der Waals surface area contributed by atoms with E-state index in [1.54, 1.807) is 24.7 Å². The van der Waals surface area contributed by atoms with Gasteiger partial charge in [0.2, 0.25) is 0 Å². The van der Waals surface area contributed by atoms with Crippen molar-refractivity contribution in [3.8, 4) is 6.07 Å². The highest BCUT2D eigenvalue weighted by molar-refractivity contribution is 5.93. The number of aryl methyl sites for hydroxylation is 2. The van der Waals surface area contributed by atoms with E-state index in [1.165, 1.54) is 0 Å². The lowest BCUT2D eigenvalue weighted by atomic mass is 9.92. The largest absolute Gasteiger partial charge is 0.333 e. The molecule has 2 aromatic rings. The Morgan fingerprint density at radius 3 is 2.40 bits per heavy atom. The molecule has 5 nitrogen and oxygen atoms in total. The first-order valence-corrected chi connectivity index (χ1v) is 8.47. The number of nitrogens with one attached hydrogen (secondary N) is 1. The van der Waals surface area contributed by atoms with E-state index in [0.717, 1.165) is 17.7 Å². The molecule has 25 heavy (non-hydrogen) atoms. The van der Waals surface area contributed by atoms with Gasteiger partial charge in [-0.25, -0.2) is 0 Å². The summed E-state index contributed by atoms with van der Waals surface area (Å²) in [6.07, 6.45) is 1.27. The molecule has 0 aliphatic rings. The lowest BCUT2D eigenvalue weighted by Crippen LogP contribution is -2.45. The topological polar surface area (TPSA) is 70.7 Å². The molecule has 0 fully saturated rings. The normalized spacial score (nSPS) is 13.8. The van der Waals surface area contributed by atoms with Crippen molar-refractivity contribution in [2.24, 2.45) is 7.05 Å². The number of nitrogens with zero attached hydrogens (tertiary/aromatic N) is 3. The van der Waals surface area contributed by atoms with Crippen molar-refractivity contribution in [1.82, 2.24) is 15.1 Å². The summed E-state index contributed by atoms with van der Waals surface area (Å²) in [5.74, 6) is -0.275. The van der Waals surface area contributed by atoms with Gasteiger partial charge in [0, 0.05) is 12.5 Å². The summed E-state index contributed by atoms with van der Waals surface area (Å²) in [5, 5.41) is 16.9. The third-order valence-corrected chi connectivity index (χ3v) is 4.27. The third-order valence-electron chi connectivity index (χ3n) is 4.27. The molecule has 2 rings (SSSR count). The zero-order valence-corrected chi connectivity index (χ0v) is 15.6. The fourth-order valence-corrected chi connectivity index (χ4v) is 2.55. The second kappa shape index (κ2) is 7.10. The zero-order valence-electron chi connectivity index (χ0n) is 15.6. The molecule has 5 heteroatoms. The molecular weight excluding hydrogens is 312 g/mol. The van der Waals surface area contributed by atoms with E-state index in [4.69, 9.17) is 0 Å². The number of nitriles is 1. The van der Waals surface area contributed by atoms with Crippen molar-refractivity contribution in [1.29, 1.82) is 5.26 Å². The maximum atomic E-state index is 12.7. The molecule has 1 aromatic carbocycles. The average Bonchev–Trinajstić information content (AvgIpc) is 2.96. The van der Waals surface area contributed by atoms with Crippen LogP contribution in [0.5, 0.6) is 0 Å². The minimum absolute atomic E-state index is 0.137. The highest BCUT2D eigenvalue weighted by Gasteiger charge is 2.29. The van der Waals surface area contributed by atoms with Crippen LogP contribution in [0.4, 0.5) is 0 Å². The van der Waals surface area contributed by atoms with Crippen LogP contribution < -0.4 is 5.32 Å². The number of carbonyl (C=O) groups excluding carboxylic acids is 1. The second-order valence-electron chi connectivity index (χ2n) is 7.67. The Morgan fingerprint density at radius 2 is 1.88 bits per heavy atom. The predicted molar refractivity (Wildman–Crippen MR) is 98.2 cm³/mol. The molecule has 1 atom stereocenters. The number of amides is 1. The predicted octanol–water partition coefficient (Wildman–Crippen LogP) is 3.36. The molecule has 1 amide bonds. The van der Waals surface area contributed by atoms with E-state index in [2.05, 4.69) is 37.3 Å². The molecule has 0 radical (unpaired) electrons. The number of aromatic nitrogens is 2. The van der Waals surface area contributed by atoms with Crippen molar-refractivity contribution >= 4 is 5.91 Å². The van der Waals surface area contributed by atoms with Gasteiger partial charge < -0.3 is 5.32 Å². The highest BCUT2D eigenvalue weighted by atomic mass is 16.2. The molecule has 1 aromatic heterocycles. The minimum Gasteiger partial charge on any atom is -0.333 e. The van der Waals surface area contributed by atoms with Gasteiger partial charge in [-0.05, 0) is 31.4 Å². The van der Waals surface area contributed by atoms with Gasteiger partial charge in [-0.15, -0.1) is 0 Å². The average molecular weight is 338 g/mol. The van der Waals surface area contributed by atoms with Crippen molar-refractivity contribution < 1.29 is 4.79 Å². The fraction of sp³-hybridized carbons (Fsp3) is 0.450. The van der Waals surface area contributed by atoms with Gasteiger partial charge in [-0.2, -0.15) is 10.4 Å². The minimum atomic E-state index is -0.931. The lowest BCUT2D eigenvalue weighted by molar-refractivity contribution is 0.0912. The molecule has 1 N–H and O–H groups in total. The standard InChI is InChI=1S/C20H26N4O/c1-19(2,3)17-13-16(24(5)23-17)18(25)22-20(4,14-21)12-11-15-9-7-6-8-10-15/h6-10,13H,11-12H2,1-5H3,(H,22,25)/t20-/m1/s1. The van der Waals surface area contributed by atoms with Gasteiger partial charge in [0.1, 0.15) is 11.2 Å². The van der Waals surface area contributed by atoms with Crippen molar-refractivity contribution in [3.63, 3.8) is 0 Å². The molecule has 132 valence electrons. The third kappa shape index (κ3) is 4.69. The second-order valence-corrected chi connectivity index (χ2v) is 7.67. The Labute approximate surface area is 149 Å². The maximum absolute atomic E-state index is 12.7. The molecule has 0 saturated carbocycles. The van der Waals surface area contributed by atoms with Crippen LogP contribution in [0.3, 0.4) is 0 Å². The van der Waals surface area contributed by atoms with Crippen molar-refractivity contribution in [2.45, 2.75) is 51.5 Å². The quantitative estimate of drug-likeness (QED) is 0.908. The zero-order chi connectivity index (χ0) is 18.7. The Morgan fingerprint density at radius 1 is 1.24 bits per heavy atom. The van der Waals surface area contributed by atoms with E-state index < -0.39 is 5.54 Å². The summed E-state index contributed by atoms with van der Waals surface area (Å²) in [4.78, 5) is 12.7. The summed E-state index contributed by atoms with van der Waals surface area (Å²) >= 11 is 0. The molecule has 1 heterocycles. The van der Waals surface area contributed by atoms with Crippen LogP contribution in [-0.2, 0) is 18.9 Å². The van der Waals surface area contributed by atoms with E-state index in [-0.39, 0.29) is 11.3 Å². The Hall–Kier alpha value is -2.61. The Kier molecular flexibility index (Phi) is 5.32. The first-order valence-electron chi connectivity index (χ1n) is 8.47. The van der Waals surface area contributed by atoms with E-state index >= 15 is 0 Å². The molecule has 0 aliphatic heterocycles. The number of carbonyl (C=O) groups is 1. The van der Waals surface area contributed by atoms with Crippen molar-refractivity contribution in [3.05, 3.63) is 53.3 Å².